The van der Waals surface area contributed by atoms with Crippen LogP contribution >= 0.6 is 0 Å². The van der Waals surface area contributed by atoms with Crippen molar-refractivity contribution >= 4 is 5.91 Å². The second-order valence-corrected chi connectivity index (χ2v) is 5.37. The Hall–Kier alpha value is -1.43. The molecule has 1 aromatic rings. The molecule has 96 valence electrons. The van der Waals surface area contributed by atoms with E-state index < -0.39 is 6.04 Å². The van der Waals surface area contributed by atoms with Crippen molar-refractivity contribution < 1.29 is 4.79 Å². The number of aryl methyl sites for hydroxylation is 1. The number of aromatic nitrogens is 3. The molecular formula is C11H21N5O. The van der Waals surface area contributed by atoms with E-state index in [2.05, 4.69) is 15.5 Å². The molecule has 1 heterocycles. The average molecular weight is 239 g/mol. The molecule has 0 aliphatic carbocycles. The number of nitrogens with zero attached hydrogens (tertiary/aromatic N) is 3. The molecule has 6 nitrogen and oxygen atoms in total. The Bertz CT molecular complexity index is 393. The molecule has 0 aliphatic rings. The summed E-state index contributed by atoms with van der Waals surface area (Å²) < 4.78 is 1.77. The van der Waals surface area contributed by atoms with Crippen molar-refractivity contribution in [3.63, 3.8) is 0 Å². The van der Waals surface area contributed by atoms with Crippen molar-refractivity contribution in [2.45, 2.75) is 39.8 Å². The molecule has 1 amide bonds. The Balaban J connectivity index is 2.67. The van der Waals surface area contributed by atoms with Gasteiger partial charge in [-0.1, -0.05) is 20.8 Å². The fraction of sp³-hybridized carbons (Fsp3) is 0.727. The van der Waals surface area contributed by atoms with Crippen molar-refractivity contribution in [2.75, 3.05) is 0 Å². The van der Waals surface area contributed by atoms with Crippen LogP contribution in [0.4, 0.5) is 0 Å². The number of nitrogens with one attached hydrogen (secondary N) is 1. The van der Waals surface area contributed by atoms with Gasteiger partial charge < -0.3 is 15.6 Å². The van der Waals surface area contributed by atoms with Crippen molar-refractivity contribution in [3.05, 3.63) is 12.2 Å². The second-order valence-electron chi connectivity index (χ2n) is 5.37. The zero-order chi connectivity index (χ0) is 13.2. The van der Waals surface area contributed by atoms with E-state index in [0.717, 1.165) is 0 Å². The summed E-state index contributed by atoms with van der Waals surface area (Å²) in [4.78, 5) is 11.9. The molecule has 1 aromatic heterocycles. The van der Waals surface area contributed by atoms with Crippen molar-refractivity contribution in [3.8, 4) is 0 Å². The first-order chi connectivity index (χ1) is 7.73. The lowest BCUT2D eigenvalue weighted by atomic mass is 9.87. The maximum absolute atomic E-state index is 11.9. The summed E-state index contributed by atoms with van der Waals surface area (Å²) in [6.07, 6.45) is 1.60. The molecule has 0 saturated heterocycles. The zero-order valence-electron chi connectivity index (χ0n) is 11.1. The van der Waals surface area contributed by atoms with E-state index in [1.165, 1.54) is 0 Å². The molecule has 2 atom stereocenters. The number of hydrogen-bond acceptors (Lipinski definition) is 4. The lowest BCUT2D eigenvalue weighted by Gasteiger charge is -2.27. The van der Waals surface area contributed by atoms with Gasteiger partial charge in [-0.2, -0.15) is 0 Å². The van der Waals surface area contributed by atoms with Crippen molar-refractivity contribution in [2.24, 2.45) is 18.2 Å². The van der Waals surface area contributed by atoms with E-state index in [0.29, 0.717) is 5.82 Å². The molecule has 0 aromatic carbocycles. The van der Waals surface area contributed by atoms with Crippen LogP contribution < -0.4 is 11.1 Å². The van der Waals surface area contributed by atoms with Crippen LogP contribution in [0.3, 0.4) is 0 Å². The van der Waals surface area contributed by atoms with Crippen molar-refractivity contribution in [1.82, 2.24) is 20.1 Å². The maximum atomic E-state index is 11.9. The van der Waals surface area contributed by atoms with Gasteiger partial charge in [0.2, 0.25) is 5.91 Å². The lowest BCUT2D eigenvalue weighted by molar-refractivity contribution is -0.125. The summed E-state index contributed by atoms with van der Waals surface area (Å²) in [5, 5.41) is 10.6. The molecule has 6 heteroatoms. The Morgan fingerprint density at radius 2 is 2.12 bits per heavy atom. The molecule has 1 unspecified atom stereocenters. The number of rotatable bonds is 3. The molecule has 0 bridgehead atoms. The quantitative estimate of drug-likeness (QED) is 0.797. The molecule has 0 aliphatic heterocycles. The van der Waals surface area contributed by atoms with Gasteiger partial charge in [0, 0.05) is 7.05 Å². The number of hydrogen-bond donors (Lipinski definition) is 2. The third-order valence-electron chi connectivity index (χ3n) is 2.71. The molecule has 0 saturated carbocycles. The van der Waals surface area contributed by atoms with Gasteiger partial charge in [-0.3, -0.25) is 4.79 Å². The summed E-state index contributed by atoms with van der Waals surface area (Å²) in [6.45, 7) is 7.66. The van der Waals surface area contributed by atoms with E-state index in [1.807, 2.05) is 34.7 Å². The van der Waals surface area contributed by atoms with E-state index in [9.17, 15) is 4.79 Å². The van der Waals surface area contributed by atoms with Gasteiger partial charge in [0.15, 0.2) is 5.82 Å². The van der Waals surface area contributed by atoms with Crippen LogP contribution in [0.1, 0.15) is 39.6 Å². The summed E-state index contributed by atoms with van der Waals surface area (Å²) in [5.41, 5.74) is 5.62. The average Bonchev–Trinajstić information content (AvgIpc) is 2.61. The Kier molecular flexibility index (Phi) is 3.87. The lowest BCUT2D eigenvalue weighted by Crippen LogP contribution is -2.49. The first-order valence-electron chi connectivity index (χ1n) is 5.63. The SMILES string of the molecule is CC(NC(=O)[C@H](N)C(C)(C)C)c1nncn1C. The maximum Gasteiger partial charge on any atom is 0.238 e. The first kappa shape index (κ1) is 13.6. The minimum absolute atomic E-state index is 0.173. The zero-order valence-corrected chi connectivity index (χ0v) is 11.1. The van der Waals surface area contributed by atoms with E-state index in [4.69, 9.17) is 5.73 Å². The molecule has 0 spiro atoms. The van der Waals surface area contributed by atoms with Crippen molar-refractivity contribution in [1.29, 1.82) is 0 Å². The number of nitrogens with two attached hydrogens (primary N) is 1. The third kappa shape index (κ3) is 3.26. The van der Waals surface area contributed by atoms with Gasteiger partial charge in [-0.25, -0.2) is 0 Å². The van der Waals surface area contributed by atoms with Gasteiger partial charge in [0.25, 0.3) is 0 Å². The summed E-state index contributed by atoms with van der Waals surface area (Å²) >= 11 is 0. The van der Waals surface area contributed by atoms with Crippen LogP contribution in [-0.4, -0.2) is 26.7 Å². The van der Waals surface area contributed by atoms with Gasteiger partial charge >= 0.3 is 0 Å². The van der Waals surface area contributed by atoms with Gasteiger partial charge in [0.1, 0.15) is 6.33 Å². The normalized spacial score (nSPS) is 15.4. The highest BCUT2D eigenvalue weighted by Crippen LogP contribution is 2.18. The third-order valence-corrected chi connectivity index (χ3v) is 2.71. The first-order valence-corrected chi connectivity index (χ1v) is 5.63. The Labute approximate surface area is 102 Å². The van der Waals surface area contributed by atoms with Crippen LogP contribution in [0.2, 0.25) is 0 Å². The fourth-order valence-electron chi connectivity index (χ4n) is 1.45. The highest BCUT2D eigenvalue weighted by atomic mass is 16.2. The van der Waals surface area contributed by atoms with E-state index >= 15 is 0 Å². The number of amides is 1. The minimum Gasteiger partial charge on any atom is -0.345 e. The highest BCUT2D eigenvalue weighted by Gasteiger charge is 2.28. The summed E-state index contributed by atoms with van der Waals surface area (Å²) in [6, 6.07) is -0.749. The monoisotopic (exact) mass is 239 g/mol. The number of carbonyl (C=O) groups excluding carboxylic acids is 1. The topological polar surface area (TPSA) is 85.8 Å². The molecule has 1 rings (SSSR count). The standard InChI is InChI=1S/C11H21N5O/c1-7(9-15-13-6-16(9)5)14-10(17)8(12)11(2,3)4/h6-8H,12H2,1-5H3,(H,14,17)/t7?,8-/m0/s1. The predicted molar refractivity (Wildman–Crippen MR) is 65.0 cm³/mol. The van der Waals surface area contributed by atoms with E-state index in [1.54, 1.807) is 10.9 Å². The van der Waals surface area contributed by atoms with Crippen LogP contribution in [0.25, 0.3) is 0 Å². The van der Waals surface area contributed by atoms with E-state index in [-0.39, 0.29) is 17.4 Å². The number of carbonyl (C=O) groups is 1. The highest BCUT2D eigenvalue weighted by molar-refractivity contribution is 5.82. The summed E-state index contributed by atoms with van der Waals surface area (Å²) in [5.74, 6) is 0.535. The van der Waals surface area contributed by atoms with Crippen LogP contribution in [0, 0.1) is 5.41 Å². The molecular weight excluding hydrogens is 218 g/mol. The van der Waals surface area contributed by atoms with Gasteiger partial charge in [0.05, 0.1) is 12.1 Å². The molecule has 17 heavy (non-hydrogen) atoms. The largest absolute Gasteiger partial charge is 0.345 e. The summed E-state index contributed by atoms with van der Waals surface area (Å²) in [7, 11) is 1.83. The van der Waals surface area contributed by atoms with Gasteiger partial charge in [-0.05, 0) is 12.3 Å². The molecule has 0 fully saturated rings. The predicted octanol–water partition coefficient (Wildman–Crippen LogP) is 0.366. The van der Waals surface area contributed by atoms with Gasteiger partial charge in [-0.15, -0.1) is 10.2 Å². The van der Waals surface area contributed by atoms with Crippen LogP contribution in [0.5, 0.6) is 0 Å². The Morgan fingerprint density at radius 1 is 1.53 bits per heavy atom. The Morgan fingerprint density at radius 3 is 2.53 bits per heavy atom. The van der Waals surface area contributed by atoms with Crippen LogP contribution in [-0.2, 0) is 11.8 Å². The smallest absolute Gasteiger partial charge is 0.238 e. The fourth-order valence-corrected chi connectivity index (χ4v) is 1.45. The molecule has 0 radical (unpaired) electrons. The minimum atomic E-state index is -0.543. The second kappa shape index (κ2) is 4.83. The van der Waals surface area contributed by atoms with Crippen LogP contribution in [0.15, 0.2) is 6.33 Å². The molecule has 3 N–H and O–H groups in total.